The van der Waals surface area contributed by atoms with E-state index in [4.69, 9.17) is 5.73 Å². The summed E-state index contributed by atoms with van der Waals surface area (Å²) < 4.78 is 26.2. The van der Waals surface area contributed by atoms with Crippen LogP contribution in [-0.4, -0.2) is 12.3 Å². The van der Waals surface area contributed by atoms with Gasteiger partial charge in [-0.2, -0.15) is 0 Å². The molecule has 0 heterocycles. The van der Waals surface area contributed by atoms with Crippen LogP contribution in [0.1, 0.15) is 37.7 Å². The first-order valence-corrected chi connectivity index (χ1v) is 6.30. The van der Waals surface area contributed by atoms with Crippen LogP contribution in [0.3, 0.4) is 0 Å². The van der Waals surface area contributed by atoms with Crippen LogP contribution in [0.25, 0.3) is 0 Å². The van der Waals surface area contributed by atoms with Crippen LogP contribution in [0.2, 0.25) is 0 Å². The molecule has 0 aliphatic heterocycles. The third-order valence-corrected chi connectivity index (χ3v) is 2.83. The average Bonchev–Trinajstić information content (AvgIpc) is 2.35. The summed E-state index contributed by atoms with van der Waals surface area (Å²) in [4.78, 5) is 11.6. The molecule has 0 saturated heterocycles. The maximum absolute atomic E-state index is 13.3. The lowest BCUT2D eigenvalue weighted by molar-refractivity contribution is -0.118. The van der Waals surface area contributed by atoms with Gasteiger partial charge in [0.1, 0.15) is 5.78 Å². The van der Waals surface area contributed by atoms with Crippen LogP contribution in [0.15, 0.2) is 18.2 Å². The third-order valence-electron chi connectivity index (χ3n) is 2.83. The van der Waals surface area contributed by atoms with Crippen LogP contribution in [0, 0.1) is 11.6 Å². The Morgan fingerprint density at radius 2 is 1.83 bits per heavy atom. The maximum atomic E-state index is 13.3. The molecule has 0 spiro atoms. The molecule has 0 aliphatic carbocycles. The number of unbranched alkanes of at least 4 members (excludes halogenated alkanes) is 3. The summed E-state index contributed by atoms with van der Waals surface area (Å²) in [5.41, 5.74) is 5.50. The highest BCUT2D eigenvalue weighted by molar-refractivity contribution is 5.80. The predicted octanol–water partition coefficient (Wildman–Crippen LogP) is 2.99. The highest BCUT2D eigenvalue weighted by atomic mass is 19.2. The summed E-state index contributed by atoms with van der Waals surface area (Å²) in [5.74, 6) is -1.86. The highest BCUT2D eigenvalue weighted by Crippen LogP contribution is 2.13. The first kappa shape index (κ1) is 14.8. The van der Waals surface area contributed by atoms with Crippen LogP contribution in [0.5, 0.6) is 0 Å². The highest BCUT2D eigenvalue weighted by Gasteiger charge is 2.11. The first-order valence-electron chi connectivity index (χ1n) is 6.30. The van der Waals surface area contributed by atoms with Gasteiger partial charge < -0.3 is 5.73 Å². The van der Waals surface area contributed by atoms with E-state index in [0.717, 1.165) is 31.7 Å². The smallest absolute Gasteiger partial charge is 0.162 e. The SMILES string of the molecule is NCCCCCCC(=O)Cc1cccc(F)c1F. The van der Waals surface area contributed by atoms with E-state index in [1.807, 2.05) is 0 Å². The quantitative estimate of drug-likeness (QED) is 0.726. The zero-order valence-electron chi connectivity index (χ0n) is 10.4. The van der Waals surface area contributed by atoms with Crippen molar-refractivity contribution in [2.24, 2.45) is 5.73 Å². The summed E-state index contributed by atoms with van der Waals surface area (Å²) in [6.07, 6.45) is 4.11. The van der Waals surface area contributed by atoms with E-state index in [-0.39, 0.29) is 17.8 Å². The van der Waals surface area contributed by atoms with E-state index >= 15 is 0 Å². The van der Waals surface area contributed by atoms with E-state index in [9.17, 15) is 13.6 Å². The lowest BCUT2D eigenvalue weighted by atomic mass is 10.0. The Labute approximate surface area is 106 Å². The van der Waals surface area contributed by atoms with Crippen molar-refractivity contribution < 1.29 is 13.6 Å². The van der Waals surface area contributed by atoms with Gasteiger partial charge in [-0.05, 0) is 31.0 Å². The normalized spacial score (nSPS) is 10.6. The van der Waals surface area contributed by atoms with E-state index in [1.165, 1.54) is 12.1 Å². The van der Waals surface area contributed by atoms with Gasteiger partial charge in [-0.15, -0.1) is 0 Å². The molecular formula is C14H19F2NO. The van der Waals surface area contributed by atoms with Crippen molar-refractivity contribution in [3.63, 3.8) is 0 Å². The molecule has 0 aliphatic rings. The van der Waals surface area contributed by atoms with Gasteiger partial charge in [0.15, 0.2) is 11.6 Å². The number of hydrogen-bond acceptors (Lipinski definition) is 2. The number of halogens is 2. The molecule has 0 amide bonds. The lowest BCUT2D eigenvalue weighted by Gasteiger charge is -2.03. The molecular weight excluding hydrogens is 236 g/mol. The summed E-state index contributed by atoms with van der Waals surface area (Å²) in [6, 6.07) is 3.92. The van der Waals surface area contributed by atoms with Crippen LogP contribution < -0.4 is 5.73 Å². The van der Waals surface area contributed by atoms with Crippen molar-refractivity contribution in [3.05, 3.63) is 35.4 Å². The van der Waals surface area contributed by atoms with E-state index < -0.39 is 11.6 Å². The number of ketones is 1. The number of benzene rings is 1. The minimum Gasteiger partial charge on any atom is -0.330 e. The molecule has 100 valence electrons. The van der Waals surface area contributed by atoms with Gasteiger partial charge in [0.2, 0.25) is 0 Å². The Kier molecular flexibility index (Phi) is 6.50. The van der Waals surface area contributed by atoms with Crippen molar-refractivity contribution in [3.8, 4) is 0 Å². The van der Waals surface area contributed by atoms with Crippen LogP contribution >= 0.6 is 0 Å². The topological polar surface area (TPSA) is 43.1 Å². The second-order valence-corrected chi connectivity index (χ2v) is 4.38. The van der Waals surface area contributed by atoms with Gasteiger partial charge in [-0.1, -0.05) is 25.0 Å². The summed E-state index contributed by atoms with van der Waals surface area (Å²) >= 11 is 0. The number of carbonyl (C=O) groups excluding carboxylic acids is 1. The zero-order chi connectivity index (χ0) is 13.4. The van der Waals surface area contributed by atoms with Crippen molar-refractivity contribution in [2.75, 3.05) is 6.54 Å². The summed E-state index contributed by atoms with van der Waals surface area (Å²) in [7, 11) is 0. The minimum absolute atomic E-state index is 0.0273. The second kappa shape index (κ2) is 7.93. The van der Waals surface area contributed by atoms with Crippen molar-refractivity contribution in [1.29, 1.82) is 0 Å². The molecule has 2 nitrogen and oxygen atoms in total. The van der Waals surface area contributed by atoms with Gasteiger partial charge >= 0.3 is 0 Å². The number of nitrogens with two attached hydrogens (primary N) is 1. The number of Topliss-reactive ketones (excluding diaryl/α,β-unsaturated/α-hetero) is 1. The van der Waals surface area contributed by atoms with Gasteiger partial charge in [0, 0.05) is 12.8 Å². The van der Waals surface area contributed by atoms with Crippen molar-refractivity contribution in [1.82, 2.24) is 0 Å². The molecule has 2 N–H and O–H groups in total. The number of hydrogen-bond donors (Lipinski definition) is 1. The Morgan fingerprint density at radius 3 is 2.56 bits per heavy atom. The maximum Gasteiger partial charge on any atom is 0.162 e. The molecule has 18 heavy (non-hydrogen) atoms. The molecule has 0 bridgehead atoms. The van der Waals surface area contributed by atoms with Gasteiger partial charge in [0.25, 0.3) is 0 Å². The fraction of sp³-hybridized carbons (Fsp3) is 0.500. The molecule has 4 heteroatoms. The Balaban J connectivity index is 2.34. The van der Waals surface area contributed by atoms with Gasteiger partial charge in [-0.25, -0.2) is 8.78 Å². The van der Waals surface area contributed by atoms with Crippen molar-refractivity contribution in [2.45, 2.75) is 38.5 Å². The van der Waals surface area contributed by atoms with Crippen LogP contribution in [-0.2, 0) is 11.2 Å². The number of rotatable bonds is 8. The van der Waals surface area contributed by atoms with E-state index in [1.54, 1.807) is 0 Å². The molecule has 0 fully saturated rings. The third kappa shape index (κ3) is 4.92. The number of carbonyl (C=O) groups is 1. The molecule has 0 saturated carbocycles. The zero-order valence-corrected chi connectivity index (χ0v) is 10.4. The Bertz CT molecular complexity index is 393. The van der Waals surface area contributed by atoms with Gasteiger partial charge in [-0.3, -0.25) is 4.79 Å². The molecule has 1 rings (SSSR count). The summed E-state index contributed by atoms with van der Waals surface area (Å²) in [6.45, 7) is 0.669. The molecule has 0 atom stereocenters. The fourth-order valence-electron chi connectivity index (χ4n) is 1.81. The van der Waals surface area contributed by atoms with E-state index in [0.29, 0.717) is 13.0 Å². The molecule has 0 aromatic heterocycles. The average molecular weight is 255 g/mol. The second-order valence-electron chi connectivity index (χ2n) is 4.38. The molecule has 1 aromatic carbocycles. The minimum atomic E-state index is -0.908. The monoisotopic (exact) mass is 255 g/mol. The Hall–Kier alpha value is -1.29. The van der Waals surface area contributed by atoms with E-state index in [2.05, 4.69) is 0 Å². The van der Waals surface area contributed by atoms with Crippen LogP contribution in [0.4, 0.5) is 8.78 Å². The standard InChI is InChI=1S/C14H19F2NO/c15-13-8-5-6-11(14(13)16)10-12(18)7-3-1-2-4-9-17/h5-6,8H,1-4,7,9-10,17H2. The summed E-state index contributed by atoms with van der Waals surface area (Å²) in [5, 5.41) is 0. The molecule has 0 unspecified atom stereocenters. The lowest BCUT2D eigenvalue weighted by Crippen LogP contribution is -2.05. The first-order chi connectivity index (χ1) is 8.65. The largest absolute Gasteiger partial charge is 0.330 e. The van der Waals surface area contributed by atoms with Gasteiger partial charge in [0.05, 0.1) is 0 Å². The molecule has 1 aromatic rings. The predicted molar refractivity (Wildman–Crippen MR) is 67.2 cm³/mol. The molecule has 0 radical (unpaired) electrons. The Morgan fingerprint density at radius 1 is 1.11 bits per heavy atom. The fourth-order valence-corrected chi connectivity index (χ4v) is 1.81. The van der Waals surface area contributed by atoms with Crippen molar-refractivity contribution >= 4 is 5.78 Å².